The van der Waals surface area contributed by atoms with Gasteiger partial charge in [-0.15, -0.1) is 0 Å². The van der Waals surface area contributed by atoms with Gasteiger partial charge in [0.25, 0.3) is 11.5 Å². The monoisotopic (exact) mass is 490 g/mol. The van der Waals surface area contributed by atoms with Crippen LogP contribution in [0.25, 0.3) is 0 Å². The van der Waals surface area contributed by atoms with Crippen molar-refractivity contribution in [1.29, 1.82) is 0 Å². The fraction of sp³-hybridized carbons (Fsp3) is 0.357. The largest absolute Gasteiger partial charge is 0.343 e. The third kappa shape index (κ3) is 5.53. The van der Waals surface area contributed by atoms with Crippen molar-refractivity contribution in [3.63, 3.8) is 0 Å². The van der Waals surface area contributed by atoms with E-state index in [1.165, 1.54) is 12.1 Å². The van der Waals surface area contributed by atoms with E-state index >= 15 is 0 Å². The number of amides is 2. The molecule has 2 aromatic carbocycles. The number of halogens is 1. The molecule has 8 heteroatoms. The minimum atomic E-state index is -0.342. The van der Waals surface area contributed by atoms with E-state index < -0.39 is 0 Å². The van der Waals surface area contributed by atoms with Crippen LogP contribution in [0.2, 0.25) is 0 Å². The van der Waals surface area contributed by atoms with Crippen LogP contribution in [0, 0.1) is 19.7 Å². The number of benzene rings is 2. The van der Waals surface area contributed by atoms with Crippen molar-refractivity contribution in [3.05, 3.63) is 98.2 Å². The van der Waals surface area contributed by atoms with Gasteiger partial charge in [0.05, 0.1) is 18.3 Å². The van der Waals surface area contributed by atoms with E-state index in [1.54, 1.807) is 29.2 Å². The van der Waals surface area contributed by atoms with Gasteiger partial charge in [0, 0.05) is 23.6 Å². The molecule has 188 valence electrons. The zero-order valence-electron chi connectivity index (χ0n) is 20.8. The number of likely N-dealkylation sites (tertiary alicyclic amines) is 1. The topological polar surface area (TPSA) is 95.2 Å². The second-order valence-electron chi connectivity index (χ2n) is 9.38. The van der Waals surface area contributed by atoms with Crippen LogP contribution in [-0.4, -0.2) is 39.5 Å². The summed E-state index contributed by atoms with van der Waals surface area (Å²) in [6.45, 7) is 5.60. The summed E-state index contributed by atoms with van der Waals surface area (Å²) in [7, 11) is 0. The molecule has 0 bridgehead atoms. The summed E-state index contributed by atoms with van der Waals surface area (Å²) in [5.41, 5.74) is 4.13. The van der Waals surface area contributed by atoms with Gasteiger partial charge in [0.2, 0.25) is 5.91 Å². The first-order valence-electron chi connectivity index (χ1n) is 12.3. The summed E-state index contributed by atoms with van der Waals surface area (Å²) in [5, 5.41) is 9.14. The van der Waals surface area contributed by atoms with Gasteiger partial charge in [0.15, 0.2) is 0 Å². The highest BCUT2D eigenvalue weighted by Gasteiger charge is 2.36. The number of H-pyrrole nitrogens is 1. The van der Waals surface area contributed by atoms with E-state index in [4.69, 9.17) is 0 Å². The molecule has 1 fully saturated rings. The Kier molecular flexibility index (Phi) is 7.62. The maximum absolute atomic E-state index is 13.8. The molecule has 0 radical (unpaired) electrons. The van der Waals surface area contributed by atoms with Crippen molar-refractivity contribution >= 4 is 11.8 Å². The van der Waals surface area contributed by atoms with Crippen LogP contribution in [0.15, 0.2) is 53.3 Å². The van der Waals surface area contributed by atoms with Gasteiger partial charge in [-0.1, -0.05) is 25.1 Å². The predicted molar refractivity (Wildman–Crippen MR) is 135 cm³/mol. The van der Waals surface area contributed by atoms with Crippen molar-refractivity contribution in [1.82, 2.24) is 20.4 Å². The summed E-state index contributed by atoms with van der Waals surface area (Å²) in [5.74, 6) is -0.844. The van der Waals surface area contributed by atoms with Gasteiger partial charge < -0.3 is 10.2 Å². The summed E-state index contributed by atoms with van der Waals surface area (Å²) in [6.07, 6.45) is 2.84. The number of rotatable bonds is 7. The van der Waals surface area contributed by atoms with Crippen LogP contribution in [0.5, 0.6) is 0 Å². The van der Waals surface area contributed by atoms with Crippen molar-refractivity contribution in [2.24, 2.45) is 0 Å². The Bertz CT molecular complexity index is 1340. The molecule has 2 heterocycles. The van der Waals surface area contributed by atoms with E-state index in [2.05, 4.69) is 15.5 Å². The third-order valence-electron chi connectivity index (χ3n) is 6.89. The predicted octanol–water partition coefficient (Wildman–Crippen LogP) is 3.99. The summed E-state index contributed by atoms with van der Waals surface area (Å²) >= 11 is 0. The number of carbonyl (C=O) groups is 2. The molecule has 3 aromatic rings. The zero-order chi connectivity index (χ0) is 25.8. The third-order valence-corrected chi connectivity index (χ3v) is 6.89. The second-order valence-corrected chi connectivity index (χ2v) is 9.38. The zero-order valence-corrected chi connectivity index (χ0v) is 20.8. The summed E-state index contributed by atoms with van der Waals surface area (Å²) in [4.78, 5) is 39.9. The fourth-order valence-electron chi connectivity index (χ4n) is 4.98. The minimum Gasteiger partial charge on any atom is -0.343 e. The lowest BCUT2D eigenvalue weighted by atomic mass is 9.99. The molecule has 4 rings (SSSR count). The minimum absolute atomic E-state index is 0.0594. The molecule has 0 saturated carbocycles. The highest BCUT2D eigenvalue weighted by Crippen LogP contribution is 2.37. The molecule has 2 N–H and O–H groups in total. The van der Waals surface area contributed by atoms with Crippen LogP contribution in [0.3, 0.4) is 0 Å². The van der Waals surface area contributed by atoms with Gasteiger partial charge in [-0.25, -0.2) is 9.49 Å². The fourth-order valence-corrected chi connectivity index (χ4v) is 4.98. The molecule has 7 nitrogen and oxygen atoms in total. The van der Waals surface area contributed by atoms with E-state index in [0.717, 1.165) is 41.6 Å². The van der Waals surface area contributed by atoms with Gasteiger partial charge in [-0.05, 0) is 80.1 Å². The molecule has 2 unspecified atom stereocenters. The van der Waals surface area contributed by atoms with Gasteiger partial charge >= 0.3 is 0 Å². The van der Waals surface area contributed by atoms with Gasteiger partial charge in [0.1, 0.15) is 5.82 Å². The first-order valence-corrected chi connectivity index (χ1v) is 12.3. The Morgan fingerprint density at radius 1 is 1.11 bits per heavy atom. The lowest BCUT2D eigenvalue weighted by molar-refractivity contribution is -0.133. The summed E-state index contributed by atoms with van der Waals surface area (Å²) in [6, 6.07) is 13.3. The van der Waals surface area contributed by atoms with E-state index in [-0.39, 0.29) is 41.8 Å². The van der Waals surface area contributed by atoms with Gasteiger partial charge in [-0.2, -0.15) is 5.10 Å². The maximum atomic E-state index is 13.8. The lowest BCUT2D eigenvalue weighted by Gasteiger charge is -2.30. The van der Waals surface area contributed by atoms with E-state index in [1.807, 2.05) is 32.9 Å². The Hall–Kier alpha value is -3.81. The van der Waals surface area contributed by atoms with Gasteiger partial charge in [-0.3, -0.25) is 14.4 Å². The number of hydrogen-bond acceptors (Lipinski definition) is 4. The van der Waals surface area contributed by atoms with Crippen LogP contribution in [0.1, 0.15) is 70.5 Å². The van der Waals surface area contributed by atoms with Crippen LogP contribution in [-0.2, 0) is 11.2 Å². The number of aromatic amines is 1. The normalized spacial score (nSPS) is 17.3. The quantitative estimate of drug-likeness (QED) is 0.524. The number of nitrogens with one attached hydrogen (secondary N) is 2. The SMILES string of the molecule is CCC1CCC(c2cccc(F)c2)N1C(=O)CNC(=O)c1ccc(Cc2cc(C)n[nH]c2=O)c(C)c1. The van der Waals surface area contributed by atoms with Crippen molar-refractivity contribution in [3.8, 4) is 0 Å². The smallest absolute Gasteiger partial charge is 0.267 e. The number of nitrogens with zero attached hydrogens (tertiary/aromatic N) is 2. The average molecular weight is 491 g/mol. The first kappa shape index (κ1) is 25.3. The van der Waals surface area contributed by atoms with Crippen LogP contribution >= 0.6 is 0 Å². The molecule has 2 amide bonds. The van der Waals surface area contributed by atoms with Crippen molar-refractivity contribution in [2.75, 3.05) is 6.54 Å². The highest BCUT2D eigenvalue weighted by molar-refractivity contribution is 5.96. The molecular weight excluding hydrogens is 459 g/mol. The number of hydrogen-bond donors (Lipinski definition) is 2. The molecule has 0 spiro atoms. The number of aromatic nitrogens is 2. The molecule has 1 saturated heterocycles. The molecule has 2 atom stereocenters. The summed E-state index contributed by atoms with van der Waals surface area (Å²) < 4.78 is 13.8. The van der Waals surface area contributed by atoms with Crippen molar-refractivity contribution in [2.45, 2.75) is 58.5 Å². The Labute approximate surface area is 209 Å². The Balaban J connectivity index is 1.43. The molecule has 1 aliphatic heterocycles. The second kappa shape index (κ2) is 10.8. The average Bonchev–Trinajstić information content (AvgIpc) is 3.30. The Morgan fingerprint density at radius 2 is 1.92 bits per heavy atom. The molecule has 36 heavy (non-hydrogen) atoms. The number of aryl methyl sites for hydroxylation is 2. The van der Waals surface area contributed by atoms with E-state index in [0.29, 0.717) is 17.5 Å². The lowest BCUT2D eigenvalue weighted by Crippen LogP contribution is -2.43. The first-order chi connectivity index (χ1) is 17.3. The van der Waals surface area contributed by atoms with Crippen LogP contribution in [0.4, 0.5) is 4.39 Å². The Morgan fingerprint density at radius 3 is 2.64 bits per heavy atom. The van der Waals surface area contributed by atoms with Crippen LogP contribution < -0.4 is 10.9 Å². The molecule has 0 aliphatic carbocycles. The molecule has 1 aromatic heterocycles. The van der Waals surface area contributed by atoms with Crippen molar-refractivity contribution < 1.29 is 14.0 Å². The van der Waals surface area contributed by atoms with E-state index in [9.17, 15) is 18.8 Å². The maximum Gasteiger partial charge on any atom is 0.267 e. The molecular formula is C28H31FN4O3. The number of carbonyl (C=O) groups excluding carboxylic acids is 2. The molecule has 1 aliphatic rings. The standard InChI is InChI=1S/C28H31FN4O3/c1-4-24-10-11-25(20-6-5-7-23(29)15-20)33(24)26(34)16-30-27(35)21-9-8-19(17(2)12-21)14-22-13-18(3)31-32-28(22)36/h5-9,12-13,15,24-25H,4,10-11,14,16H2,1-3H3,(H,30,35)(H,32,36). The highest BCUT2D eigenvalue weighted by atomic mass is 19.1.